The number of rotatable bonds is 3. The second-order valence-electron chi connectivity index (χ2n) is 4.98. The number of urea groups is 1. The Morgan fingerprint density at radius 2 is 1.60 bits per heavy atom. The predicted octanol–water partition coefficient (Wildman–Crippen LogP) is 3.80. The molecule has 0 aliphatic heterocycles. The van der Waals surface area contributed by atoms with Gasteiger partial charge in [-0.05, 0) is 24.3 Å². The minimum Gasteiger partial charge on any atom is -0.307 e. The van der Waals surface area contributed by atoms with Crippen molar-refractivity contribution in [3.63, 3.8) is 0 Å². The molecule has 0 aliphatic carbocycles. The highest BCUT2D eigenvalue weighted by Gasteiger charge is 2.35. The van der Waals surface area contributed by atoms with Crippen LogP contribution in [0.15, 0.2) is 54.6 Å². The lowest BCUT2D eigenvalue weighted by atomic mass is 10.2. The molecule has 128 valence electrons. The van der Waals surface area contributed by atoms with Crippen LogP contribution < -0.4 is 16.2 Å². The van der Waals surface area contributed by atoms with Crippen molar-refractivity contribution in [2.24, 2.45) is 0 Å². The van der Waals surface area contributed by atoms with Crippen molar-refractivity contribution in [3.05, 3.63) is 60.4 Å². The number of fused-ring (bicyclic) bond motifs is 1. The molecule has 3 N–H and O–H groups in total. The summed E-state index contributed by atoms with van der Waals surface area (Å²) in [5.74, 6) is -1.44. The van der Waals surface area contributed by atoms with Gasteiger partial charge in [0, 0.05) is 11.1 Å². The number of halogens is 3. The highest BCUT2D eigenvalue weighted by molar-refractivity contribution is 5.93. The molecule has 6 nitrogen and oxygen atoms in total. The summed E-state index contributed by atoms with van der Waals surface area (Å²) in [4.78, 5) is 18.8. The highest BCUT2D eigenvalue weighted by Crippen LogP contribution is 2.29. The van der Waals surface area contributed by atoms with Gasteiger partial charge < -0.3 is 5.32 Å². The second-order valence-corrected chi connectivity index (χ2v) is 4.98. The quantitative estimate of drug-likeness (QED) is 0.630. The summed E-state index contributed by atoms with van der Waals surface area (Å²) in [6.45, 7) is 0. The topological polar surface area (TPSA) is 78.9 Å². The lowest BCUT2D eigenvalue weighted by Gasteiger charge is -2.13. The van der Waals surface area contributed by atoms with Crippen LogP contribution >= 0.6 is 0 Å². The largest absolute Gasteiger partial charge is 0.451 e. The van der Waals surface area contributed by atoms with Gasteiger partial charge in [0.25, 0.3) is 0 Å². The Balaban J connectivity index is 1.81. The third kappa shape index (κ3) is 3.94. The van der Waals surface area contributed by atoms with Crippen molar-refractivity contribution in [3.8, 4) is 0 Å². The van der Waals surface area contributed by atoms with Crippen LogP contribution in [0.1, 0.15) is 5.82 Å². The number of nitrogens with zero attached hydrogens (tertiary/aromatic N) is 2. The first-order valence-electron chi connectivity index (χ1n) is 7.15. The fourth-order valence-corrected chi connectivity index (χ4v) is 2.10. The maximum atomic E-state index is 12.9. The average molecular weight is 347 g/mol. The number of amides is 2. The Morgan fingerprint density at radius 1 is 0.920 bits per heavy atom. The van der Waals surface area contributed by atoms with Gasteiger partial charge in [-0.25, -0.2) is 14.8 Å². The van der Waals surface area contributed by atoms with E-state index in [1.807, 2.05) is 0 Å². The van der Waals surface area contributed by atoms with Gasteiger partial charge in [0.05, 0.1) is 5.52 Å². The van der Waals surface area contributed by atoms with E-state index in [9.17, 15) is 18.0 Å². The highest BCUT2D eigenvalue weighted by atomic mass is 19.4. The van der Waals surface area contributed by atoms with Gasteiger partial charge in [0.15, 0.2) is 5.82 Å². The summed E-state index contributed by atoms with van der Waals surface area (Å²) in [7, 11) is 0. The number of para-hydroxylation sites is 2. The molecule has 3 rings (SSSR count). The maximum absolute atomic E-state index is 12.9. The average Bonchev–Trinajstić information content (AvgIpc) is 2.59. The van der Waals surface area contributed by atoms with Crippen molar-refractivity contribution < 1.29 is 18.0 Å². The lowest BCUT2D eigenvalue weighted by Crippen LogP contribution is -2.34. The van der Waals surface area contributed by atoms with Crippen molar-refractivity contribution in [1.82, 2.24) is 15.4 Å². The van der Waals surface area contributed by atoms with Crippen molar-refractivity contribution in [2.75, 3.05) is 10.7 Å². The Hall–Kier alpha value is -3.36. The van der Waals surface area contributed by atoms with E-state index in [4.69, 9.17) is 0 Å². The first-order valence-corrected chi connectivity index (χ1v) is 7.15. The van der Waals surface area contributed by atoms with Crippen LogP contribution in [-0.2, 0) is 6.18 Å². The van der Waals surface area contributed by atoms with E-state index in [1.165, 1.54) is 6.07 Å². The summed E-state index contributed by atoms with van der Waals surface area (Å²) in [6, 6.07) is 14.1. The van der Waals surface area contributed by atoms with E-state index < -0.39 is 18.0 Å². The minimum absolute atomic E-state index is 0.109. The Kier molecular flexibility index (Phi) is 4.38. The number of aromatic nitrogens is 2. The van der Waals surface area contributed by atoms with E-state index in [1.54, 1.807) is 48.5 Å². The molecule has 0 unspecified atom stereocenters. The van der Waals surface area contributed by atoms with Gasteiger partial charge >= 0.3 is 12.2 Å². The standard InChI is InChI=1S/C16H12F3N5O/c17-16(18,19)14-21-12-9-5-4-8-11(12)13(22-14)23-24-15(25)20-10-6-2-1-3-7-10/h1-9H,(H2,20,24,25)(H,21,22,23). The van der Waals surface area contributed by atoms with Gasteiger partial charge in [-0.2, -0.15) is 13.2 Å². The molecule has 0 saturated carbocycles. The molecule has 0 fully saturated rings. The van der Waals surface area contributed by atoms with Crippen LogP contribution in [0.25, 0.3) is 10.9 Å². The van der Waals surface area contributed by atoms with Gasteiger partial charge in [0.2, 0.25) is 5.82 Å². The molecule has 2 amide bonds. The number of alkyl halides is 3. The van der Waals surface area contributed by atoms with Gasteiger partial charge in [-0.1, -0.05) is 30.3 Å². The molecule has 0 bridgehead atoms. The summed E-state index contributed by atoms with van der Waals surface area (Å²) in [6.07, 6.45) is -4.70. The summed E-state index contributed by atoms with van der Waals surface area (Å²) in [5.41, 5.74) is 5.31. The smallest absolute Gasteiger partial charge is 0.307 e. The normalized spacial score (nSPS) is 11.2. The summed E-state index contributed by atoms with van der Waals surface area (Å²) in [5, 5.41) is 2.87. The molecular weight excluding hydrogens is 335 g/mol. The molecule has 0 atom stereocenters. The van der Waals surface area contributed by atoms with E-state index in [0.717, 1.165) is 0 Å². The molecule has 0 aliphatic rings. The fourth-order valence-electron chi connectivity index (χ4n) is 2.10. The van der Waals surface area contributed by atoms with Gasteiger partial charge in [-0.3, -0.25) is 10.9 Å². The molecule has 3 aromatic rings. The predicted molar refractivity (Wildman–Crippen MR) is 86.8 cm³/mol. The van der Waals surface area contributed by atoms with E-state index in [-0.39, 0.29) is 11.3 Å². The third-order valence-corrected chi connectivity index (χ3v) is 3.18. The number of hydrogen-bond donors (Lipinski definition) is 3. The number of hydrogen-bond acceptors (Lipinski definition) is 4. The van der Waals surface area contributed by atoms with Crippen LogP contribution in [0.5, 0.6) is 0 Å². The van der Waals surface area contributed by atoms with Gasteiger partial charge in [-0.15, -0.1) is 0 Å². The summed E-state index contributed by atoms with van der Waals surface area (Å²) >= 11 is 0. The van der Waals surface area contributed by atoms with Crippen LogP contribution in [0, 0.1) is 0 Å². The number of anilines is 2. The van der Waals surface area contributed by atoms with Crippen molar-refractivity contribution >= 4 is 28.4 Å². The van der Waals surface area contributed by atoms with Crippen LogP contribution in [0.2, 0.25) is 0 Å². The second kappa shape index (κ2) is 6.63. The summed E-state index contributed by atoms with van der Waals surface area (Å²) < 4.78 is 38.8. The van der Waals surface area contributed by atoms with E-state index in [0.29, 0.717) is 11.1 Å². The molecule has 0 spiro atoms. The molecule has 1 heterocycles. The van der Waals surface area contributed by atoms with Crippen molar-refractivity contribution in [1.29, 1.82) is 0 Å². The molecule has 0 saturated heterocycles. The fraction of sp³-hybridized carbons (Fsp3) is 0.0625. The molecular formula is C16H12F3N5O. The first kappa shape index (κ1) is 16.5. The zero-order chi connectivity index (χ0) is 17.9. The van der Waals surface area contributed by atoms with E-state index in [2.05, 4.69) is 26.1 Å². The zero-order valence-corrected chi connectivity index (χ0v) is 12.6. The Labute approximate surface area is 140 Å². The lowest BCUT2D eigenvalue weighted by molar-refractivity contribution is -0.144. The maximum Gasteiger partial charge on any atom is 0.451 e. The van der Waals surface area contributed by atoms with Crippen LogP contribution in [0.4, 0.5) is 29.5 Å². The Bertz CT molecular complexity index is 899. The molecule has 9 heteroatoms. The number of carbonyl (C=O) groups excluding carboxylic acids is 1. The molecule has 1 aromatic heterocycles. The third-order valence-electron chi connectivity index (χ3n) is 3.18. The Morgan fingerprint density at radius 3 is 2.32 bits per heavy atom. The SMILES string of the molecule is O=C(NNc1nc(C(F)(F)F)nc2ccccc12)Nc1ccccc1. The first-order chi connectivity index (χ1) is 11.9. The zero-order valence-electron chi connectivity index (χ0n) is 12.6. The monoisotopic (exact) mass is 347 g/mol. The van der Waals surface area contributed by atoms with Crippen LogP contribution in [-0.4, -0.2) is 16.0 Å². The number of nitrogens with one attached hydrogen (secondary N) is 3. The number of carbonyl (C=O) groups is 1. The molecule has 2 aromatic carbocycles. The molecule has 25 heavy (non-hydrogen) atoms. The van der Waals surface area contributed by atoms with Crippen molar-refractivity contribution in [2.45, 2.75) is 6.18 Å². The van der Waals surface area contributed by atoms with E-state index >= 15 is 0 Å². The number of benzene rings is 2. The molecule has 0 radical (unpaired) electrons. The van der Waals surface area contributed by atoms with Gasteiger partial charge in [0.1, 0.15) is 0 Å². The number of hydrazine groups is 1. The van der Waals surface area contributed by atoms with Crippen LogP contribution in [0.3, 0.4) is 0 Å². The minimum atomic E-state index is -4.70.